The first-order valence-corrected chi connectivity index (χ1v) is 12.5. The van der Waals surface area contributed by atoms with Crippen molar-refractivity contribution in [1.82, 2.24) is 25.2 Å². The maximum atomic E-state index is 13.8. The van der Waals surface area contributed by atoms with Gasteiger partial charge < -0.3 is 10.2 Å². The molecule has 4 rings (SSSR count). The second-order valence-electron chi connectivity index (χ2n) is 9.35. The van der Waals surface area contributed by atoms with Gasteiger partial charge >= 0.3 is 0 Å². The Morgan fingerprint density at radius 1 is 0.917 bits per heavy atom. The van der Waals surface area contributed by atoms with E-state index in [1.165, 1.54) is 0 Å². The molecular weight excluding hydrogens is 450 g/mol. The van der Waals surface area contributed by atoms with Gasteiger partial charge in [-0.1, -0.05) is 91.9 Å². The molecule has 0 fully saturated rings. The molecule has 1 atom stereocenters. The predicted octanol–water partition coefficient (Wildman–Crippen LogP) is 4.41. The van der Waals surface area contributed by atoms with Crippen LogP contribution in [0.4, 0.5) is 0 Å². The van der Waals surface area contributed by atoms with Crippen molar-refractivity contribution in [2.24, 2.45) is 5.92 Å². The van der Waals surface area contributed by atoms with Crippen LogP contribution in [0, 0.1) is 5.92 Å². The van der Waals surface area contributed by atoms with E-state index in [1.54, 1.807) is 9.58 Å². The monoisotopic (exact) mass is 483 g/mol. The zero-order valence-electron chi connectivity index (χ0n) is 20.9. The molecule has 1 heterocycles. The van der Waals surface area contributed by atoms with Crippen LogP contribution >= 0.6 is 0 Å². The lowest BCUT2D eigenvalue weighted by atomic mass is 10.0. The molecule has 1 aromatic heterocycles. The van der Waals surface area contributed by atoms with Gasteiger partial charge in [0.2, 0.25) is 11.8 Å². The first kappa shape index (κ1) is 25.1. The topological polar surface area (TPSA) is 80.1 Å². The number of carbonyl (C=O) groups is 2. The molecule has 0 aliphatic carbocycles. The average molecular weight is 484 g/mol. The van der Waals surface area contributed by atoms with Crippen LogP contribution in [0.25, 0.3) is 11.0 Å². The van der Waals surface area contributed by atoms with Gasteiger partial charge in [-0.15, -0.1) is 5.10 Å². The van der Waals surface area contributed by atoms with Crippen LogP contribution in [-0.2, 0) is 22.6 Å². The smallest absolute Gasteiger partial charge is 0.247 e. The summed E-state index contributed by atoms with van der Waals surface area (Å²) in [5.41, 5.74) is 3.40. The minimum Gasteiger partial charge on any atom is -0.354 e. The molecule has 7 heteroatoms. The first-order chi connectivity index (χ1) is 17.5. The van der Waals surface area contributed by atoms with E-state index in [-0.39, 0.29) is 18.4 Å². The van der Waals surface area contributed by atoms with Gasteiger partial charge in [-0.3, -0.25) is 9.59 Å². The predicted molar refractivity (Wildman–Crippen MR) is 141 cm³/mol. The van der Waals surface area contributed by atoms with Crippen LogP contribution in [0.3, 0.4) is 0 Å². The van der Waals surface area contributed by atoms with E-state index in [4.69, 9.17) is 0 Å². The molecule has 36 heavy (non-hydrogen) atoms. The Morgan fingerprint density at radius 2 is 1.58 bits per heavy atom. The van der Waals surface area contributed by atoms with Crippen molar-refractivity contribution in [1.29, 1.82) is 0 Å². The van der Waals surface area contributed by atoms with Crippen molar-refractivity contribution in [2.45, 2.75) is 39.3 Å². The summed E-state index contributed by atoms with van der Waals surface area (Å²) in [6.45, 7) is 5.21. The van der Waals surface area contributed by atoms with Crippen LogP contribution in [0.15, 0.2) is 84.9 Å². The number of amides is 2. The van der Waals surface area contributed by atoms with Crippen LogP contribution in [0.2, 0.25) is 0 Å². The molecule has 3 aromatic carbocycles. The summed E-state index contributed by atoms with van der Waals surface area (Å²) in [6.07, 6.45) is 1.50. The van der Waals surface area contributed by atoms with Crippen molar-refractivity contribution in [3.8, 4) is 0 Å². The summed E-state index contributed by atoms with van der Waals surface area (Å²) in [5, 5.41) is 11.5. The number of fused-ring (bicyclic) bond motifs is 1. The highest BCUT2D eigenvalue weighted by atomic mass is 16.2. The summed E-state index contributed by atoms with van der Waals surface area (Å²) >= 11 is 0. The molecule has 2 amide bonds. The van der Waals surface area contributed by atoms with E-state index < -0.39 is 6.04 Å². The fourth-order valence-electron chi connectivity index (χ4n) is 4.23. The number of hydrogen-bond acceptors (Lipinski definition) is 4. The van der Waals surface area contributed by atoms with Crippen molar-refractivity contribution in [2.75, 3.05) is 13.1 Å². The van der Waals surface area contributed by atoms with E-state index in [9.17, 15) is 9.59 Å². The largest absolute Gasteiger partial charge is 0.354 e. The Kier molecular flexibility index (Phi) is 8.44. The van der Waals surface area contributed by atoms with Gasteiger partial charge in [0, 0.05) is 13.1 Å². The summed E-state index contributed by atoms with van der Waals surface area (Å²) in [5.74, 6) is 0.109. The molecule has 0 radical (unpaired) electrons. The minimum atomic E-state index is -0.746. The van der Waals surface area contributed by atoms with Crippen LogP contribution < -0.4 is 5.32 Å². The molecule has 4 aromatic rings. The standard InChI is InChI=1S/C29H33N5O2/c1-22(2)17-19-30-29(36)28(24-13-7-4-8-14-24)33(20-18-23-11-5-3-6-12-23)27(35)21-34-26-16-10-9-15-25(26)31-32-34/h3-16,22,28H,17-21H2,1-2H3,(H,30,36). The van der Waals surface area contributed by atoms with Crippen molar-refractivity contribution < 1.29 is 9.59 Å². The summed E-state index contributed by atoms with van der Waals surface area (Å²) < 4.78 is 1.60. The number of nitrogens with zero attached hydrogens (tertiary/aromatic N) is 4. The van der Waals surface area contributed by atoms with E-state index >= 15 is 0 Å². The van der Waals surface area contributed by atoms with Crippen molar-refractivity contribution >= 4 is 22.8 Å². The van der Waals surface area contributed by atoms with E-state index in [0.29, 0.717) is 25.4 Å². The Hall–Kier alpha value is -4.00. The molecule has 0 saturated heterocycles. The second-order valence-corrected chi connectivity index (χ2v) is 9.35. The lowest BCUT2D eigenvalue weighted by Gasteiger charge is -2.31. The third kappa shape index (κ3) is 6.36. The van der Waals surface area contributed by atoms with Crippen LogP contribution in [0.1, 0.15) is 37.4 Å². The number of carbonyl (C=O) groups excluding carboxylic acids is 2. The number of para-hydroxylation sites is 1. The molecule has 0 aliphatic rings. The number of hydrogen-bond donors (Lipinski definition) is 1. The normalized spacial score (nSPS) is 12.0. The van der Waals surface area contributed by atoms with Gasteiger partial charge in [-0.2, -0.15) is 0 Å². The maximum Gasteiger partial charge on any atom is 0.247 e. The Labute approximate surface area is 212 Å². The number of benzene rings is 3. The Morgan fingerprint density at radius 3 is 2.31 bits per heavy atom. The first-order valence-electron chi connectivity index (χ1n) is 12.5. The van der Waals surface area contributed by atoms with Crippen molar-refractivity contribution in [3.05, 3.63) is 96.1 Å². The van der Waals surface area contributed by atoms with Gasteiger partial charge in [0.1, 0.15) is 18.1 Å². The minimum absolute atomic E-state index is 0.00207. The second kappa shape index (κ2) is 12.1. The Balaban J connectivity index is 1.64. The summed E-state index contributed by atoms with van der Waals surface area (Å²) in [4.78, 5) is 29.1. The van der Waals surface area contributed by atoms with E-state index in [1.807, 2.05) is 84.9 Å². The molecule has 0 saturated carbocycles. The molecule has 1 N–H and O–H groups in total. The lowest BCUT2D eigenvalue weighted by molar-refractivity contribution is -0.141. The summed E-state index contributed by atoms with van der Waals surface area (Å²) in [6, 6.07) is 26.3. The third-order valence-corrected chi connectivity index (χ3v) is 6.21. The molecule has 7 nitrogen and oxygen atoms in total. The average Bonchev–Trinajstić information content (AvgIpc) is 3.30. The van der Waals surface area contributed by atoms with E-state index in [2.05, 4.69) is 29.5 Å². The quantitative estimate of drug-likeness (QED) is 0.343. The summed E-state index contributed by atoms with van der Waals surface area (Å²) in [7, 11) is 0. The number of nitrogens with one attached hydrogen (secondary N) is 1. The zero-order valence-corrected chi connectivity index (χ0v) is 20.9. The van der Waals surface area contributed by atoms with Gasteiger partial charge in [0.15, 0.2) is 0 Å². The fraction of sp³-hybridized carbons (Fsp3) is 0.310. The third-order valence-electron chi connectivity index (χ3n) is 6.21. The Bertz CT molecular complexity index is 1270. The SMILES string of the molecule is CC(C)CCNC(=O)C(c1ccccc1)N(CCc1ccccc1)C(=O)Cn1nnc2ccccc21. The van der Waals surface area contributed by atoms with Crippen LogP contribution in [0.5, 0.6) is 0 Å². The van der Waals surface area contributed by atoms with Gasteiger partial charge in [0.25, 0.3) is 0 Å². The highest BCUT2D eigenvalue weighted by Crippen LogP contribution is 2.23. The molecule has 0 aliphatic heterocycles. The lowest BCUT2D eigenvalue weighted by Crippen LogP contribution is -2.46. The van der Waals surface area contributed by atoms with E-state index in [0.717, 1.165) is 28.6 Å². The zero-order chi connectivity index (χ0) is 25.3. The van der Waals surface area contributed by atoms with Gasteiger partial charge in [-0.25, -0.2) is 4.68 Å². The number of rotatable bonds is 11. The highest BCUT2D eigenvalue weighted by molar-refractivity contribution is 5.89. The van der Waals surface area contributed by atoms with Gasteiger partial charge in [-0.05, 0) is 42.0 Å². The maximum absolute atomic E-state index is 13.8. The van der Waals surface area contributed by atoms with Gasteiger partial charge in [0.05, 0.1) is 5.52 Å². The van der Waals surface area contributed by atoms with Crippen LogP contribution in [-0.4, -0.2) is 44.8 Å². The molecule has 186 valence electrons. The molecule has 1 unspecified atom stereocenters. The molecule has 0 spiro atoms. The number of aromatic nitrogens is 3. The molecule has 0 bridgehead atoms. The molecular formula is C29H33N5O2. The highest BCUT2D eigenvalue weighted by Gasteiger charge is 2.31. The fourth-order valence-corrected chi connectivity index (χ4v) is 4.23. The van der Waals surface area contributed by atoms with Crippen molar-refractivity contribution in [3.63, 3.8) is 0 Å².